The third kappa shape index (κ3) is 4.13. The first-order valence-electron chi connectivity index (χ1n) is 6.08. The van der Waals surface area contributed by atoms with Gasteiger partial charge < -0.3 is 10.1 Å². The Morgan fingerprint density at radius 3 is 2.73 bits per heavy atom. The summed E-state index contributed by atoms with van der Waals surface area (Å²) in [5.74, 6) is -1.20. The maximum Gasteiger partial charge on any atom is 0.310 e. The number of nitro groups is 1. The van der Waals surface area contributed by atoms with Crippen LogP contribution in [0.15, 0.2) is 42.5 Å². The molecule has 0 aliphatic heterocycles. The molecule has 6 nitrogen and oxygen atoms in total. The summed E-state index contributed by atoms with van der Waals surface area (Å²) in [4.78, 5) is 21.9. The number of nitrogens with one attached hydrogen (secondary N) is 1. The van der Waals surface area contributed by atoms with Crippen LogP contribution in [0.5, 0.6) is 5.75 Å². The van der Waals surface area contributed by atoms with Crippen molar-refractivity contribution in [2.24, 2.45) is 0 Å². The topological polar surface area (TPSA) is 81.5 Å². The highest BCUT2D eigenvalue weighted by atomic mass is 127. The van der Waals surface area contributed by atoms with Gasteiger partial charge in [0.2, 0.25) is 0 Å². The average molecular weight is 416 g/mol. The summed E-state index contributed by atoms with van der Waals surface area (Å²) in [6, 6.07) is 10.1. The minimum Gasteiger partial charge on any atom is -0.477 e. The van der Waals surface area contributed by atoms with Crippen LogP contribution >= 0.6 is 22.6 Å². The molecule has 8 heteroatoms. The summed E-state index contributed by atoms with van der Waals surface area (Å²) in [5.41, 5.74) is -0.215. The molecule has 0 radical (unpaired) electrons. The number of para-hydroxylation sites is 2. The molecule has 2 aromatic carbocycles. The minimum absolute atomic E-state index is 0.0225. The van der Waals surface area contributed by atoms with E-state index in [1.807, 2.05) is 22.6 Å². The fourth-order valence-corrected chi connectivity index (χ4v) is 2.10. The molecular weight excluding hydrogens is 406 g/mol. The van der Waals surface area contributed by atoms with Gasteiger partial charge in [0.1, 0.15) is 5.82 Å². The molecule has 0 aromatic heterocycles. The van der Waals surface area contributed by atoms with Crippen LogP contribution < -0.4 is 10.1 Å². The van der Waals surface area contributed by atoms with E-state index in [-0.39, 0.29) is 17.1 Å². The van der Waals surface area contributed by atoms with Crippen molar-refractivity contribution in [3.63, 3.8) is 0 Å². The van der Waals surface area contributed by atoms with E-state index in [1.54, 1.807) is 12.1 Å². The zero-order valence-electron chi connectivity index (χ0n) is 11.1. The first kappa shape index (κ1) is 16.1. The van der Waals surface area contributed by atoms with Crippen LogP contribution in [0.1, 0.15) is 0 Å². The van der Waals surface area contributed by atoms with E-state index in [0.29, 0.717) is 3.57 Å². The fourth-order valence-electron chi connectivity index (χ4n) is 1.65. The number of hydrogen-bond donors (Lipinski definition) is 1. The zero-order valence-corrected chi connectivity index (χ0v) is 13.2. The summed E-state index contributed by atoms with van der Waals surface area (Å²) in [7, 11) is 0. The second-order valence-electron chi connectivity index (χ2n) is 4.19. The maximum absolute atomic E-state index is 13.6. The maximum atomic E-state index is 13.6. The summed E-state index contributed by atoms with van der Waals surface area (Å²) >= 11 is 1.95. The number of rotatable bonds is 5. The van der Waals surface area contributed by atoms with Crippen molar-refractivity contribution < 1.29 is 18.8 Å². The van der Waals surface area contributed by atoms with Gasteiger partial charge in [-0.1, -0.05) is 12.1 Å². The number of ether oxygens (including phenoxy) is 1. The van der Waals surface area contributed by atoms with Gasteiger partial charge >= 0.3 is 5.69 Å². The highest BCUT2D eigenvalue weighted by Crippen LogP contribution is 2.25. The fraction of sp³-hybridized carbons (Fsp3) is 0.0714. The second kappa shape index (κ2) is 7.16. The van der Waals surface area contributed by atoms with Crippen LogP contribution in [0.3, 0.4) is 0 Å². The van der Waals surface area contributed by atoms with Crippen LogP contribution in [-0.2, 0) is 4.79 Å². The third-order valence-electron chi connectivity index (χ3n) is 2.63. The number of nitrogens with zero attached hydrogens (tertiary/aromatic N) is 1. The molecule has 0 aliphatic rings. The van der Waals surface area contributed by atoms with Gasteiger partial charge in [-0.2, -0.15) is 0 Å². The number of benzene rings is 2. The van der Waals surface area contributed by atoms with Gasteiger partial charge in [-0.15, -0.1) is 0 Å². The first-order chi connectivity index (χ1) is 10.5. The van der Waals surface area contributed by atoms with Crippen molar-refractivity contribution in [1.29, 1.82) is 0 Å². The van der Waals surface area contributed by atoms with Crippen molar-refractivity contribution in [1.82, 2.24) is 0 Å². The predicted octanol–water partition coefficient (Wildman–Crippen LogP) is 3.36. The smallest absolute Gasteiger partial charge is 0.310 e. The molecule has 0 saturated heterocycles. The minimum atomic E-state index is -0.613. The molecule has 0 spiro atoms. The Balaban J connectivity index is 2.00. The Morgan fingerprint density at radius 2 is 2.05 bits per heavy atom. The lowest BCUT2D eigenvalue weighted by molar-refractivity contribution is -0.385. The summed E-state index contributed by atoms with van der Waals surface area (Å²) < 4.78 is 19.4. The summed E-state index contributed by atoms with van der Waals surface area (Å²) in [6.07, 6.45) is 0. The van der Waals surface area contributed by atoms with Crippen molar-refractivity contribution in [2.75, 3.05) is 11.9 Å². The van der Waals surface area contributed by atoms with E-state index in [9.17, 15) is 19.3 Å². The molecule has 0 aliphatic carbocycles. The van der Waals surface area contributed by atoms with E-state index in [2.05, 4.69) is 5.32 Å². The molecule has 0 unspecified atom stereocenters. The lowest BCUT2D eigenvalue weighted by atomic mass is 10.3. The Hall–Kier alpha value is -2.23. The number of hydrogen-bond acceptors (Lipinski definition) is 4. The number of amides is 1. The van der Waals surface area contributed by atoms with Crippen LogP contribution in [0.2, 0.25) is 0 Å². The first-order valence-corrected chi connectivity index (χ1v) is 7.16. The van der Waals surface area contributed by atoms with Crippen LogP contribution in [0, 0.1) is 19.5 Å². The average Bonchev–Trinajstić information content (AvgIpc) is 2.48. The number of carbonyl (C=O) groups is 1. The van der Waals surface area contributed by atoms with E-state index >= 15 is 0 Å². The number of halogens is 2. The predicted molar refractivity (Wildman–Crippen MR) is 86.3 cm³/mol. The molecule has 0 fully saturated rings. The Bertz CT molecular complexity index is 724. The van der Waals surface area contributed by atoms with Gasteiger partial charge in [0.05, 0.1) is 10.6 Å². The summed E-state index contributed by atoms with van der Waals surface area (Å²) in [5, 5.41) is 13.2. The van der Waals surface area contributed by atoms with Crippen molar-refractivity contribution >= 4 is 39.9 Å². The highest BCUT2D eigenvalue weighted by molar-refractivity contribution is 14.1. The lowest BCUT2D eigenvalue weighted by Gasteiger charge is -2.08. The van der Waals surface area contributed by atoms with Crippen molar-refractivity contribution in [2.45, 2.75) is 0 Å². The van der Waals surface area contributed by atoms with Crippen molar-refractivity contribution in [3.05, 3.63) is 62.0 Å². The SMILES string of the molecule is O=C(COc1ccccc1[N+](=O)[O-])Nc1ccc(I)cc1F. The molecule has 22 heavy (non-hydrogen) atoms. The molecule has 114 valence electrons. The van der Waals surface area contributed by atoms with E-state index in [4.69, 9.17) is 4.74 Å². The van der Waals surface area contributed by atoms with E-state index < -0.39 is 23.3 Å². The largest absolute Gasteiger partial charge is 0.477 e. The van der Waals surface area contributed by atoms with Gasteiger partial charge in [-0.05, 0) is 46.9 Å². The molecule has 1 N–H and O–H groups in total. The molecule has 0 saturated carbocycles. The van der Waals surface area contributed by atoms with Gasteiger partial charge in [-0.25, -0.2) is 4.39 Å². The van der Waals surface area contributed by atoms with Gasteiger partial charge in [-0.3, -0.25) is 14.9 Å². The van der Waals surface area contributed by atoms with Gasteiger partial charge in [0.25, 0.3) is 5.91 Å². The van der Waals surface area contributed by atoms with Crippen LogP contribution in [0.25, 0.3) is 0 Å². The van der Waals surface area contributed by atoms with E-state index in [0.717, 1.165) is 0 Å². The molecule has 0 bridgehead atoms. The van der Waals surface area contributed by atoms with Crippen molar-refractivity contribution in [3.8, 4) is 5.75 Å². The van der Waals surface area contributed by atoms with Gasteiger partial charge in [0.15, 0.2) is 12.4 Å². The molecule has 2 rings (SSSR count). The third-order valence-corrected chi connectivity index (χ3v) is 3.30. The van der Waals surface area contributed by atoms with E-state index in [1.165, 1.54) is 30.3 Å². The Labute approximate surface area is 138 Å². The molecular formula is C14H10FIN2O4. The summed E-state index contributed by atoms with van der Waals surface area (Å²) in [6.45, 7) is -0.462. The number of anilines is 1. The zero-order chi connectivity index (χ0) is 16.1. The Morgan fingerprint density at radius 1 is 1.32 bits per heavy atom. The van der Waals surface area contributed by atoms with Gasteiger partial charge in [0, 0.05) is 9.64 Å². The normalized spacial score (nSPS) is 10.1. The lowest BCUT2D eigenvalue weighted by Crippen LogP contribution is -2.21. The quantitative estimate of drug-likeness (QED) is 0.461. The number of carbonyl (C=O) groups excluding carboxylic acids is 1. The highest BCUT2D eigenvalue weighted by Gasteiger charge is 2.15. The molecule has 0 heterocycles. The van der Waals surface area contributed by atoms with Crippen LogP contribution in [0.4, 0.5) is 15.8 Å². The number of nitro benzene ring substituents is 1. The molecule has 0 atom stereocenters. The second-order valence-corrected chi connectivity index (χ2v) is 5.43. The van der Waals surface area contributed by atoms with Crippen LogP contribution in [-0.4, -0.2) is 17.4 Å². The molecule has 1 amide bonds. The molecule has 2 aromatic rings. The Kier molecular flexibility index (Phi) is 5.26. The monoisotopic (exact) mass is 416 g/mol. The standard InChI is InChI=1S/C14H10FIN2O4/c15-10-7-9(16)5-6-11(10)17-14(19)8-22-13-4-2-1-3-12(13)18(20)21/h1-7H,8H2,(H,17,19).